The molecule has 0 rings (SSSR count). The average Bonchev–Trinajstić information content (AvgIpc) is 2.11. The molecule has 0 aromatic heterocycles. The summed E-state index contributed by atoms with van der Waals surface area (Å²) >= 11 is 0. The van der Waals surface area contributed by atoms with E-state index in [1.54, 1.807) is 0 Å². The van der Waals surface area contributed by atoms with Crippen LogP contribution in [0, 0.1) is 0 Å². The average molecular weight is 211 g/mol. The second-order valence-corrected chi connectivity index (χ2v) is 4.11. The van der Waals surface area contributed by atoms with Crippen molar-refractivity contribution >= 4 is 10.3 Å². The minimum Gasteiger partial charge on any atom is -0.300 e. The van der Waals surface area contributed by atoms with Crippen molar-refractivity contribution in [2.45, 2.75) is 39.0 Å². The fourth-order valence-electron chi connectivity index (χ4n) is 0.901. The van der Waals surface area contributed by atoms with E-state index in [1.807, 2.05) is 0 Å². The predicted octanol–water partition coefficient (Wildman–Crippen LogP) is 1.20. The van der Waals surface area contributed by atoms with Gasteiger partial charge in [0.2, 0.25) is 0 Å². The van der Waals surface area contributed by atoms with Crippen LogP contribution in [0.1, 0.15) is 39.0 Å². The molecule has 2 N–H and O–H groups in total. The number of rotatable bonds is 8. The summed E-state index contributed by atoms with van der Waals surface area (Å²) in [5, 5.41) is 8.07. The largest absolute Gasteiger partial charge is 0.358 e. The van der Waals surface area contributed by atoms with Gasteiger partial charge in [-0.1, -0.05) is 37.5 Å². The van der Waals surface area contributed by atoms with Crippen LogP contribution in [0.4, 0.5) is 0 Å². The molecule has 0 saturated carbocycles. The Bertz CT molecular complexity index is 203. The summed E-state index contributed by atoms with van der Waals surface area (Å²) in [7, 11) is -3.91. The van der Waals surface area contributed by atoms with E-state index in [2.05, 4.69) is 11.1 Å². The molecule has 6 heteroatoms. The lowest BCUT2D eigenvalue weighted by molar-refractivity contribution is 0.202. The molecule has 0 atom stereocenters. The molecule has 0 heterocycles. The minimum atomic E-state index is -3.91. The quantitative estimate of drug-likeness (QED) is 0.467. The zero-order valence-corrected chi connectivity index (χ0v) is 8.64. The van der Waals surface area contributed by atoms with Gasteiger partial charge in [-0.05, 0) is 6.42 Å². The van der Waals surface area contributed by atoms with Gasteiger partial charge in [0.05, 0.1) is 6.61 Å². The lowest BCUT2D eigenvalue weighted by Crippen LogP contribution is -2.22. The first kappa shape index (κ1) is 12.8. The van der Waals surface area contributed by atoms with E-state index in [0.29, 0.717) is 6.42 Å². The molecule has 0 aromatic carbocycles. The van der Waals surface area contributed by atoms with Crippen LogP contribution >= 0.6 is 0 Å². The molecule has 0 fully saturated rings. The van der Waals surface area contributed by atoms with Crippen molar-refractivity contribution in [1.82, 2.24) is 4.89 Å². The van der Waals surface area contributed by atoms with Crippen molar-refractivity contribution in [3.63, 3.8) is 0 Å². The summed E-state index contributed by atoms with van der Waals surface area (Å²) in [5.41, 5.74) is 0. The van der Waals surface area contributed by atoms with Crippen LogP contribution < -0.4 is 4.89 Å². The molecule has 0 aliphatic rings. The van der Waals surface area contributed by atoms with E-state index in [0.717, 1.165) is 30.6 Å². The third-order valence-electron chi connectivity index (χ3n) is 1.60. The maximum absolute atomic E-state index is 10.5. The van der Waals surface area contributed by atoms with Gasteiger partial charge >= 0.3 is 10.3 Å². The number of hydrogen-bond acceptors (Lipinski definition) is 4. The molecular weight excluding hydrogens is 194 g/mol. The van der Waals surface area contributed by atoms with E-state index in [1.165, 1.54) is 0 Å². The number of hydrogen-bond donors (Lipinski definition) is 2. The van der Waals surface area contributed by atoms with Gasteiger partial charge in [-0.25, -0.2) is 0 Å². The van der Waals surface area contributed by atoms with E-state index in [-0.39, 0.29) is 6.61 Å². The third kappa shape index (κ3) is 8.17. The molecule has 0 saturated heterocycles. The zero-order chi connectivity index (χ0) is 10.2. The lowest BCUT2D eigenvalue weighted by Gasteiger charge is -2.02. The third-order valence-corrected chi connectivity index (χ3v) is 2.30. The zero-order valence-electron chi connectivity index (χ0n) is 7.82. The first-order valence-electron chi connectivity index (χ1n) is 4.42. The molecule has 0 bridgehead atoms. The second-order valence-electron chi connectivity index (χ2n) is 2.78. The molecule has 0 amide bonds. The SMILES string of the molecule is CCCCCCCOS(=O)(=O)NO. The number of unbranched alkanes of at least 4 members (excludes halogenated alkanes) is 4. The van der Waals surface area contributed by atoms with Crippen molar-refractivity contribution in [2.75, 3.05) is 6.61 Å². The summed E-state index contributed by atoms with van der Waals surface area (Å²) in [4.78, 5) is 1.09. The van der Waals surface area contributed by atoms with E-state index in [4.69, 9.17) is 5.21 Å². The Morgan fingerprint density at radius 2 is 1.85 bits per heavy atom. The van der Waals surface area contributed by atoms with E-state index >= 15 is 0 Å². The van der Waals surface area contributed by atoms with E-state index < -0.39 is 10.3 Å². The molecule has 0 aliphatic heterocycles. The Morgan fingerprint density at radius 1 is 1.23 bits per heavy atom. The molecule has 80 valence electrons. The van der Waals surface area contributed by atoms with Gasteiger partial charge < -0.3 is 5.21 Å². The Hall–Kier alpha value is -0.170. The topological polar surface area (TPSA) is 75.6 Å². The lowest BCUT2D eigenvalue weighted by atomic mass is 10.2. The summed E-state index contributed by atoms with van der Waals surface area (Å²) in [6.07, 6.45) is 5.05. The standard InChI is InChI=1S/C7H17NO4S/c1-2-3-4-5-6-7-12-13(10,11)8-9/h8-9H,2-7H2,1H3. The van der Waals surface area contributed by atoms with Crippen molar-refractivity contribution in [3.05, 3.63) is 0 Å². The van der Waals surface area contributed by atoms with Gasteiger partial charge in [-0.15, -0.1) is 0 Å². The van der Waals surface area contributed by atoms with Gasteiger partial charge in [0.15, 0.2) is 0 Å². The van der Waals surface area contributed by atoms with Gasteiger partial charge in [0, 0.05) is 0 Å². The Labute approximate surface area is 79.3 Å². The maximum atomic E-state index is 10.5. The highest BCUT2D eigenvalue weighted by atomic mass is 32.2. The minimum absolute atomic E-state index is 0.125. The van der Waals surface area contributed by atoms with Crippen LogP contribution in [0.3, 0.4) is 0 Å². The molecule has 0 unspecified atom stereocenters. The molecular formula is C7H17NO4S. The van der Waals surface area contributed by atoms with Crippen molar-refractivity contribution in [1.29, 1.82) is 0 Å². The van der Waals surface area contributed by atoms with Gasteiger partial charge in [-0.2, -0.15) is 8.42 Å². The normalized spacial score (nSPS) is 11.8. The van der Waals surface area contributed by atoms with Crippen LogP contribution in [0.2, 0.25) is 0 Å². The highest BCUT2D eigenvalue weighted by Crippen LogP contribution is 2.02. The van der Waals surface area contributed by atoms with Crippen molar-refractivity contribution in [2.24, 2.45) is 0 Å². The molecule has 0 radical (unpaired) electrons. The molecule has 0 aromatic rings. The van der Waals surface area contributed by atoms with Crippen molar-refractivity contribution in [3.8, 4) is 0 Å². The summed E-state index contributed by atoms with van der Waals surface area (Å²) in [5.74, 6) is 0. The Balaban J connectivity index is 3.26. The highest BCUT2D eigenvalue weighted by Gasteiger charge is 2.06. The second kappa shape index (κ2) is 7.25. The monoisotopic (exact) mass is 211 g/mol. The van der Waals surface area contributed by atoms with Crippen molar-refractivity contribution < 1.29 is 17.8 Å². The fraction of sp³-hybridized carbons (Fsp3) is 1.00. The first-order valence-corrected chi connectivity index (χ1v) is 5.83. The van der Waals surface area contributed by atoms with Gasteiger partial charge in [0.25, 0.3) is 0 Å². The van der Waals surface area contributed by atoms with Crippen LogP contribution in [0.15, 0.2) is 0 Å². The molecule has 0 spiro atoms. The fourth-order valence-corrected chi connectivity index (χ4v) is 1.29. The first-order chi connectivity index (χ1) is 6.12. The van der Waals surface area contributed by atoms with Gasteiger partial charge in [0.1, 0.15) is 0 Å². The number of nitrogens with one attached hydrogen (secondary N) is 1. The Morgan fingerprint density at radius 3 is 2.38 bits per heavy atom. The summed E-state index contributed by atoms with van der Waals surface area (Å²) in [6.45, 7) is 2.23. The Kier molecular flexibility index (Phi) is 7.16. The highest BCUT2D eigenvalue weighted by molar-refractivity contribution is 7.84. The van der Waals surface area contributed by atoms with E-state index in [9.17, 15) is 8.42 Å². The van der Waals surface area contributed by atoms with Crippen LogP contribution in [-0.2, 0) is 14.5 Å². The predicted molar refractivity (Wildman–Crippen MR) is 48.6 cm³/mol. The van der Waals surface area contributed by atoms with Crippen LogP contribution in [-0.4, -0.2) is 20.2 Å². The maximum Gasteiger partial charge on any atom is 0.358 e. The van der Waals surface area contributed by atoms with Crippen LogP contribution in [0.5, 0.6) is 0 Å². The molecule has 5 nitrogen and oxygen atoms in total. The van der Waals surface area contributed by atoms with Gasteiger partial charge in [-0.3, -0.25) is 4.18 Å². The summed E-state index contributed by atoms with van der Waals surface area (Å²) in [6, 6.07) is 0. The smallest absolute Gasteiger partial charge is 0.300 e. The molecule has 13 heavy (non-hydrogen) atoms. The van der Waals surface area contributed by atoms with Crippen LogP contribution in [0.25, 0.3) is 0 Å². The summed E-state index contributed by atoms with van der Waals surface area (Å²) < 4.78 is 25.4. The molecule has 0 aliphatic carbocycles.